The lowest BCUT2D eigenvalue weighted by molar-refractivity contribution is -0.385. The molecule has 2 atom stereocenters. The molecule has 0 spiro atoms. The molecule has 164 valence electrons. The Kier molecular flexibility index (Phi) is 5.65. The van der Waals surface area contributed by atoms with Crippen LogP contribution in [0.5, 0.6) is 0 Å². The molecule has 1 aliphatic heterocycles. The number of carbonyl (C=O) groups is 2. The number of nitro benzene ring substituents is 1. The van der Waals surface area contributed by atoms with Crippen LogP contribution in [0.2, 0.25) is 5.02 Å². The minimum absolute atomic E-state index is 0.0130. The van der Waals surface area contributed by atoms with E-state index in [2.05, 4.69) is 4.98 Å². The number of hydrogen-bond donors (Lipinski definition) is 0. The highest BCUT2D eigenvalue weighted by Gasteiger charge is 2.48. The SMILES string of the molecule is O=C1[C@H]2CCCC[C@@H]2C(=O)N1c1ccc2nc(SCc3c(Cl)cccc3[N+](=O)[O-])sc2c1. The van der Waals surface area contributed by atoms with E-state index in [0.717, 1.165) is 40.2 Å². The van der Waals surface area contributed by atoms with Crippen molar-refractivity contribution >= 4 is 68.1 Å². The third-order valence-corrected chi connectivity index (χ3v) is 8.62. The summed E-state index contributed by atoms with van der Waals surface area (Å²) in [6, 6.07) is 10.0. The number of aromatic nitrogens is 1. The van der Waals surface area contributed by atoms with E-state index in [4.69, 9.17) is 11.6 Å². The maximum absolute atomic E-state index is 12.9. The molecule has 7 nitrogen and oxygen atoms in total. The molecule has 3 aromatic rings. The molecular formula is C22H18ClN3O4S2. The van der Waals surface area contributed by atoms with E-state index in [0.29, 0.717) is 22.0 Å². The van der Waals surface area contributed by atoms with E-state index in [1.165, 1.54) is 34.1 Å². The predicted molar refractivity (Wildman–Crippen MR) is 125 cm³/mol. The first-order valence-corrected chi connectivity index (χ1v) is 12.4. The summed E-state index contributed by atoms with van der Waals surface area (Å²) in [7, 11) is 0. The van der Waals surface area contributed by atoms with Crippen molar-refractivity contribution in [3.63, 3.8) is 0 Å². The van der Waals surface area contributed by atoms with Gasteiger partial charge in [0.15, 0.2) is 4.34 Å². The third-order valence-electron chi connectivity index (χ3n) is 6.08. The molecule has 2 heterocycles. The quantitative estimate of drug-likeness (QED) is 0.194. The van der Waals surface area contributed by atoms with Crippen LogP contribution >= 0.6 is 34.7 Å². The number of benzene rings is 2. The summed E-state index contributed by atoms with van der Waals surface area (Å²) >= 11 is 8.99. The molecule has 1 aromatic heterocycles. The van der Waals surface area contributed by atoms with Gasteiger partial charge in [-0.05, 0) is 37.1 Å². The maximum atomic E-state index is 12.9. The zero-order valence-electron chi connectivity index (χ0n) is 16.8. The number of halogens is 1. The predicted octanol–water partition coefficient (Wildman–Crippen LogP) is 5.83. The average molecular weight is 488 g/mol. The first-order valence-electron chi connectivity index (χ1n) is 10.3. The number of thioether (sulfide) groups is 1. The van der Waals surface area contributed by atoms with E-state index in [1.54, 1.807) is 18.2 Å². The molecule has 0 bridgehead atoms. The smallest absolute Gasteiger partial charge is 0.274 e. The molecule has 2 amide bonds. The van der Waals surface area contributed by atoms with Crippen LogP contribution < -0.4 is 4.90 Å². The lowest BCUT2D eigenvalue weighted by atomic mass is 9.81. The summed E-state index contributed by atoms with van der Waals surface area (Å²) in [5, 5.41) is 11.7. The van der Waals surface area contributed by atoms with Crippen molar-refractivity contribution in [1.82, 2.24) is 4.98 Å². The third kappa shape index (κ3) is 3.68. The number of carbonyl (C=O) groups excluding carboxylic acids is 2. The number of rotatable bonds is 5. The Bertz CT molecular complexity index is 1240. The Balaban J connectivity index is 1.39. The Morgan fingerprint density at radius 1 is 1.16 bits per heavy atom. The highest BCUT2D eigenvalue weighted by molar-refractivity contribution is 8.00. The van der Waals surface area contributed by atoms with Crippen molar-refractivity contribution in [2.45, 2.75) is 35.8 Å². The van der Waals surface area contributed by atoms with Gasteiger partial charge in [-0.1, -0.05) is 42.3 Å². The van der Waals surface area contributed by atoms with Crippen molar-refractivity contribution in [3.8, 4) is 0 Å². The van der Waals surface area contributed by atoms with Crippen molar-refractivity contribution in [1.29, 1.82) is 0 Å². The minimum atomic E-state index is -0.436. The summed E-state index contributed by atoms with van der Waals surface area (Å²) < 4.78 is 1.59. The number of amides is 2. The zero-order valence-corrected chi connectivity index (χ0v) is 19.2. The van der Waals surface area contributed by atoms with Crippen LogP contribution in [0.4, 0.5) is 11.4 Å². The molecule has 2 aliphatic rings. The van der Waals surface area contributed by atoms with Crippen LogP contribution in [0.3, 0.4) is 0 Å². The Morgan fingerprint density at radius 2 is 1.88 bits per heavy atom. The highest BCUT2D eigenvalue weighted by Crippen LogP contribution is 2.42. The summed E-state index contributed by atoms with van der Waals surface area (Å²) in [5.41, 5.74) is 1.79. The normalized spacial score (nSPS) is 20.7. The van der Waals surface area contributed by atoms with Gasteiger partial charge in [-0.3, -0.25) is 24.6 Å². The standard InChI is InChI=1S/C22H18ClN3O4S2/c23-16-6-3-7-18(26(29)30)15(16)11-31-22-24-17-9-8-12(10-19(17)32-22)25-20(27)13-4-1-2-5-14(13)21(25)28/h3,6-10,13-14H,1-2,4-5,11H2/t13-,14-/m0/s1. The van der Waals surface area contributed by atoms with Gasteiger partial charge in [-0.2, -0.15) is 0 Å². The molecule has 1 saturated heterocycles. The fraction of sp³-hybridized carbons (Fsp3) is 0.318. The van der Waals surface area contributed by atoms with Gasteiger partial charge in [0, 0.05) is 11.8 Å². The van der Waals surface area contributed by atoms with Gasteiger partial charge in [-0.15, -0.1) is 11.3 Å². The van der Waals surface area contributed by atoms with Gasteiger partial charge < -0.3 is 0 Å². The summed E-state index contributed by atoms with van der Waals surface area (Å²) in [4.78, 5) is 42.6. The Labute approximate surface area is 196 Å². The molecule has 0 unspecified atom stereocenters. The summed E-state index contributed by atoms with van der Waals surface area (Å²) in [5.74, 6) is -0.250. The zero-order chi connectivity index (χ0) is 22.4. The molecular weight excluding hydrogens is 470 g/mol. The number of anilines is 1. The van der Waals surface area contributed by atoms with Crippen molar-refractivity contribution in [2.75, 3.05) is 4.90 Å². The van der Waals surface area contributed by atoms with Crippen LogP contribution in [0.25, 0.3) is 10.2 Å². The Hall–Kier alpha value is -2.49. The first kappa shape index (κ1) is 21.4. The van der Waals surface area contributed by atoms with Gasteiger partial charge in [0.1, 0.15) is 0 Å². The molecule has 1 aliphatic carbocycles. The number of nitro groups is 1. The molecule has 0 N–H and O–H groups in total. The fourth-order valence-corrected chi connectivity index (χ4v) is 6.97. The maximum Gasteiger partial charge on any atom is 0.274 e. The van der Waals surface area contributed by atoms with Crippen LogP contribution in [0, 0.1) is 22.0 Å². The van der Waals surface area contributed by atoms with E-state index >= 15 is 0 Å². The number of fused-ring (bicyclic) bond motifs is 2. The van der Waals surface area contributed by atoms with Crippen molar-refractivity contribution in [3.05, 3.63) is 57.1 Å². The lowest BCUT2D eigenvalue weighted by Crippen LogP contribution is -2.30. The second kappa shape index (κ2) is 8.46. The monoisotopic (exact) mass is 487 g/mol. The van der Waals surface area contributed by atoms with Gasteiger partial charge >= 0.3 is 0 Å². The summed E-state index contributed by atoms with van der Waals surface area (Å²) in [6.45, 7) is 0. The van der Waals surface area contributed by atoms with E-state index in [1.807, 2.05) is 12.1 Å². The van der Waals surface area contributed by atoms with Crippen LogP contribution in [0.1, 0.15) is 31.2 Å². The molecule has 32 heavy (non-hydrogen) atoms. The second-order valence-corrected chi connectivity index (χ2v) is 10.6. The second-order valence-electron chi connectivity index (χ2n) is 7.92. The number of nitrogens with zero attached hydrogens (tertiary/aromatic N) is 3. The molecule has 10 heteroatoms. The first-order chi connectivity index (χ1) is 15.4. The molecule has 5 rings (SSSR count). The van der Waals surface area contributed by atoms with E-state index < -0.39 is 4.92 Å². The Morgan fingerprint density at radius 3 is 2.56 bits per heavy atom. The molecule has 2 fully saturated rings. The largest absolute Gasteiger partial charge is 0.274 e. The van der Waals surface area contributed by atoms with E-state index in [-0.39, 0.29) is 29.3 Å². The highest BCUT2D eigenvalue weighted by atomic mass is 35.5. The van der Waals surface area contributed by atoms with Crippen molar-refractivity contribution < 1.29 is 14.5 Å². The van der Waals surface area contributed by atoms with Gasteiger partial charge in [0.2, 0.25) is 11.8 Å². The van der Waals surface area contributed by atoms with Crippen molar-refractivity contribution in [2.24, 2.45) is 11.8 Å². The molecule has 1 saturated carbocycles. The average Bonchev–Trinajstić information content (AvgIpc) is 3.30. The lowest BCUT2D eigenvalue weighted by Gasteiger charge is -2.19. The van der Waals surface area contributed by atoms with Crippen LogP contribution in [-0.4, -0.2) is 21.7 Å². The molecule has 0 radical (unpaired) electrons. The number of hydrogen-bond acceptors (Lipinski definition) is 7. The van der Waals surface area contributed by atoms with Crippen LogP contribution in [-0.2, 0) is 15.3 Å². The fourth-order valence-electron chi connectivity index (χ4n) is 4.50. The van der Waals surface area contributed by atoms with Gasteiger partial charge in [0.25, 0.3) is 5.69 Å². The number of imide groups is 1. The van der Waals surface area contributed by atoms with E-state index in [9.17, 15) is 19.7 Å². The molecule has 2 aromatic carbocycles. The number of thiazole rings is 1. The van der Waals surface area contributed by atoms with Gasteiger partial charge in [0.05, 0.1) is 43.2 Å². The van der Waals surface area contributed by atoms with Crippen LogP contribution in [0.15, 0.2) is 40.7 Å². The van der Waals surface area contributed by atoms with Gasteiger partial charge in [-0.25, -0.2) is 4.98 Å². The minimum Gasteiger partial charge on any atom is -0.274 e. The summed E-state index contributed by atoms with van der Waals surface area (Å²) in [6.07, 6.45) is 3.55. The topological polar surface area (TPSA) is 93.4 Å².